The third kappa shape index (κ3) is 5.17. The number of methoxy groups -OCH3 is 1. The van der Waals surface area contributed by atoms with Gasteiger partial charge in [0.25, 0.3) is 0 Å². The van der Waals surface area contributed by atoms with Crippen LogP contribution < -0.4 is 11.1 Å². The van der Waals surface area contributed by atoms with Crippen LogP contribution in [0.25, 0.3) is 0 Å². The normalized spacial score (nSPS) is 12.2. The Morgan fingerprint density at radius 1 is 1.59 bits per heavy atom. The highest BCUT2D eigenvalue weighted by Gasteiger charge is 2.10. The predicted octanol–water partition coefficient (Wildman–Crippen LogP) is 1.32. The Balaban J connectivity index is 2.38. The van der Waals surface area contributed by atoms with E-state index >= 15 is 0 Å². The van der Waals surface area contributed by atoms with E-state index in [1.54, 1.807) is 13.2 Å². The Bertz CT molecular complexity index is 367. The molecule has 1 rings (SSSR count). The molecule has 0 aliphatic rings. The van der Waals surface area contributed by atoms with Crippen LogP contribution in [0.4, 0.5) is 0 Å². The molecule has 94 valence electrons. The van der Waals surface area contributed by atoms with Crippen LogP contribution in [0.2, 0.25) is 5.02 Å². The SMILES string of the molecule is COC(CN)CC(=O)NCc1cccc(Cl)c1. The van der Waals surface area contributed by atoms with Crippen molar-refractivity contribution in [3.8, 4) is 0 Å². The highest BCUT2D eigenvalue weighted by Crippen LogP contribution is 2.10. The van der Waals surface area contributed by atoms with Crippen LogP contribution in [0, 0.1) is 0 Å². The van der Waals surface area contributed by atoms with Crippen molar-refractivity contribution in [1.82, 2.24) is 5.32 Å². The van der Waals surface area contributed by atoms with Gasteiger partial charge in [0.05, 0.1) is 12.5 Å². The molecule has 0 fully saturated rings. The first kappa shape index (κ1) is 14.0. The third-order valence-corrected chi connectivity index (χ3v) is 2.62. The van der Waals surface area contributed by atoms with Gasteiger partial charge in [0.1, 0.15) is 0 Å². The monoisotopic (exact) mass is 256 g/mol. The number of rotatable bonds is 6. The number of hydrogen-bond acceptors (Lipinski definition) is 3. The van der Waals surface area contributed by atoms with Gasteiger partial charge >= 0.3 is 0 Å². The number of nitrogens with two attached hydrogens (primary N) is 1. The maximum atomic E-state index is 11.5. The van der Waals surface area contributed by atoms with Gasteiger partial charge in [-0.1, -0.05) is 23.7 Å². The molecule has 17 heavy (non-hydrogen) atoms. The fourth-order valence-electron chi connectivity index (χ4n) is 1.39. The van der Waals surface area contributed by atoms with Gasteiger partial charge in [-0.05, 0) is 17.7 Å². The van der Waals surface area contributed by atoms with E-state index in [1.165, 1.54) is 0 Å². The molecule has 0 spiro atoms. The van der Waals surface area contributed by atoms with Gasteiger partial charge in [-0.15, -0.1) is 0 Å². The number of benzene rings is 1. The number of carbonyl (C=O) groups excluding carboxylic acids is 1. The average molecular weight is 257 g/mol. The van der Waals surface area contributed by atoms with E-state index in [4.69, 9.17) is 22.1 Å². The molecule has 1 atom stereocenters. The zero-order chi connectivity index (χ0) is 12.7. The maximum absolute atomic E-state index is 11.5. The molecular weight excluding hydrogens is 240 g/mol. The third-order valence-electron chi connectivity index (χ3n) is 2.39. The molecule has 5 heteroatoms. The molecule has 0 aliphatic carbocycles. The number of hydrogen-bond donors (Lipinski definition) is 2. The lowest BCUT2D eigenvalue weighted by molar-refractivity contribution is -0.123. The molecule has 4 nitrogen and oxygen atoms in total. The molecular formula is C12H17ClN2O2. The summed E-state index contributed by atoms with van der Waals surface area (Å²) in [4.78, 5) is 11.5. The van der Waals surface area contributed by atoms with E-state index < -0.39 is 0 Å². The molecule has 3 N–H and O–H groups in total. The van der Waals surface area contributed by atoms with Gasteiger partial charge in [-0.2, -0.15) is 0 Å². The highest BCUT2D eigenvalue weighted by molar-refractivity contribution is 6.30. The number of amides is 1. The van der Waals surface area contributed by atoms with Crippen molar-refractivity contribution in [3.63, 3.8) is 0 Å². The second kappa shape index (κ2) is 7.27. The minimum atomic E-state index is -0.227. The van der Waals surface area contributed by atoms with E-state index in [0.29, 0.717) is 18.1 Å². The predicted molar refractivity (Wildman–Crippen MR) is 67.8 cm³/mol. The van der Waals surface area contributed by atoms with Gasteiger partial charge in [0, 0.05) is 25.2 Å². The molecule has 1 unspecified atom stereocenters. The van der Waals surface area contributed by atoms with Crippen molar-refractivity contribution in [2.45, 2.75) is 19.1 Å². The van der Waals surface area contributed by atoms with Gasteiger partial charge in [-0.25, -0.2) is 0 Å². The number of nitrogens with one attached hydrogen (secondary N) is 1. The van der Waals surface area contributed by atoms with Crippen LogP contribution in [0.15, 0.2) is 24.3 Å². The standard InChI is InChI=1S/C12H17ClN2O2/c1-17-11(7-14)6-12(16)15-8-9-3-2-4-10(13)5-9/h2-5,11H,6-8,14H2,1H3,(H,15,16). The smallest absolute Gasteiger partial charge is 0.222 e. The zero-order valence-corrected chi connectivity index (χ0v) is 10.5. The summed E-state index contributed by atoms with van der Waals surface area (Å²) >= 11 is 5.84. The Morgan fingerprint density at radius 3 is 2.94 bits per heavy atom. The van der Waals surface area contributed by atoms with Crippen molar-refractivity contribution in [2.24, 2.45) is 5.73 Å². The zero-order valence-electron chi connectivity index (χ0n) is 9.78. The topological polar surface area (TPSA) is 64.3 Å². The highest BCUT2D eigenvalue weighted by atomic mass is 35.5. The molecule has 1 aromatic rings. The number of carbonyl (C=O) groups is 1. The lowest BCUT2D eigenvalue weighted by atomic mass is 10.2. The van der Waals surface area contributed by atoms with Crippen molar-refractivity contribution in [1.29, 1.82) is 0 Å². The summed E-state index contributed by atoms with van der Waals surface area (Å²) in [6.07, 6.45) is 0.0440. The summed E-state index contributed by atoms with van der Waals surface area (Å²) in [5.41, 5.74) is 6.40. The average Bonchev–Trinajstić information content (AvgIpc) is 2.33. The van der Waals surface area contributed by atoms with Crippen molar-refractivity contribution < 1.29 is 9.53 Å². The van der Waals surface area contributed by atoms with Crippen molar-refractivity contribution in [3.05, 3.63) is 34.9 Å². The summed E-state index contributed by atoms with van der Waals surface area (Å²) in [7, 11) is 1.54. The van der Waals surface area contributed by atoms with Crippen LogP contribution in [0.3, 0.4) is 0 Å². The van der Waals surface area contributed by atoms with Crippen LogP contribution in [0.1, 0.15) is 12.0 Å². The Hall–Kier alpha value is -1.10. The van der Waals surface area contributed by atoms with Crippen LogP contribution in [-0.4, -0.2) is 25.7 Å². The molecule has 0 bridgehead atoms. The summed E-state index contributed by atoms with van der Waals surface area (Å²) in [5, 5.41) is 3.45. The van der Waals surface area contributed by atoms with Gasteiger partial charge in [0.2, 0.25) is 5.91 Å². The lowest BCUT2D eigenvalue weighted by Crippen LogP contribution is -2.31. The van der Waals surface area contributed by atoms with Crippen LogP contribution >= 0.6 is 11.6 Å². The molecule has 0 radical (unpaired) electrons. The summed E-state index contributed by atoms with van der Waals surface area (Å²) in [5.74, 6) is -0.0812. The Kier molecular flexibility index (Phi) is 5.97. The molecule has 0 saturated carbocycles. The van der Waals surface area contributed by atoms with Crippen molar-refractivity contribution in [2.75, 3.05) is 13.7 Å². The van der Waals surface area contributed by atoms with Gasteiger partial charge < -0.3 is 15.8 Å². The van der Waals surface area contributed by atoms with E-state index in [0.717, 1.165) is 5.56 Å². The van der Waals surface area contributed by atoms with E-state index in [2.05, 4.69) is 5.32 Å². The summed E-state index contributed by atoms with van der Waals surface area (Å²) in [6, 6.07) is 7.37. The van der Waals surface area contributed by atoms with E-state index in [-0.39, 0.29) is 18.4 Å². The molecule has 0 saturated heterocycles. The fraction of sp³-hybridized carbons (Fsp3) is 0.417. The van der Waals surface area contributed by atoms with Gasteiger partial charge in [0.15, 0.2) is 0 Å². The maximum Gasteiger partial charge on any atom is 0.222 e. The van der Waals surface area contributed by atoms with Gasteiger partial charge in [-0.3, -0.25) is 4.79 Å². The van der Waals surface area contributed by atoms with Crippen LogP contribution in [0.5, 0.6) is 0 Å². The summed E-state index contributed by atoms with van der Waals surface area (Å²) in [6.45, 7) is 0.793. The largest absolute Gasteiger partial charge is 0.380 e. The first-order valence-electron chi connectivity index (χ1n) is 5.39. The number of halogens is 1. The first-order chi connectivity index (χ1) is 8.15. The Labute approximate surface area is 106 Å². The number of ether oxygens (including phenoxy) is 1. The molecule has 1 amide bonds. The quantitative estimate of drug-likeness (QED) is 0.807. The van der Waals surface area contributed by atoms with E-state index in [9.17, 15) is 4.79 Å². The fourth-order valence-corrected chi connectivity index (χ4v) is 1.60. The molecule has 0 aliphatic heterocycles. The minimum absolute atomic E-state index is 0.0812. The lowest BCUT2D eigenvalue weighted by Gasteiger charge is -2.12. The molecule has 0 heterocycles. The van der Waals surface area contributed by atoms with E-state index in [1.807, 2.05) is 18.2 Å². The summed E-state index contributed by atoms with van der Waals surface area (Å²) < 4.78 is 5.03. The minimum Gasteiger partial charge on any atom is -0.380 e. The molecule has 1 aromatic carbocycles. The Morgan fingerprint density at radius 2 is 2.35 bits per heavy atom. The second-order valence-corrected chi connectivity index (χ2v) is 4.14. The van der Waals surface area contributed by atoms with Crippen LogP contribution in [-0.2, 0) is 16.1 Å². The first-order valence-corrected chi connectivity index (χ1v) is 5.77. The molecule has 0 aromatic heterocycles. The van der Waals surface area contributed by atoms with Crippen molar-refractivity contribution >= 4 is 17.5 Å². The second-order valence-electron chi connectivity index (χ2n) is 3.70.